The minimum atomic E-state index is -0.301. The van der Waals surface area contributed by atoms with E-state index in [9.17, 15) is 4.39 Å². The molecule has 0 saturated carbocycles. The Hall–Kier alpha value is -3.13. The molecule has 0 N–H and O–H groups in total. The summed E-state index contributed by atoms with van der Waals surface area (Å²) in [6, 6.07) is 13.5. The van der Waals surface area contributed by atoms with Gasteiger partial charge in [-0.1, -0.05) is 0 Å². The molecule has 0 aliphatic rings. The molecule has 0 spiro atoms. The Balaban J connectivity index is 2.12. The van der Waals surface area contributed by atoms with Gasteiger partial charge in [0.1, 0.15) is 5.82 Å². The number of hydrogen-bond donors (Lipinski definition) is 0. The maximum atomic E-state index is 13.1. The summed E-state index contributed by atoms with van der Waals surface area (Å²) in [4.78, 5) is 12.9. The zero-order valence-corrected chi connectivity index (χ0v) is 11.6. The van der Waals surface area contributed by atoms with Crippen LogP contribution in [0.2, 0.25) is 0 Å². The molecule has 0 unspecified atom stereocenters. The Morgan fingerprint density at radius 2 is 1.68 bits per heavy atom. The molecule has 0 atom stereocenters. The standard InChI is InChI=1S/C17H11FN4/c18-14-3-1-12(2-4-14)16-11-15(5-8-19)21-17(22-16)13-6-9-20-10-7-13/h1-4,6-7,9-11H,5H2. The van der Waals surface area contributed by atoms with Crippen LogP contribution in [0.25, 0.3) is 22.6 Å². The van der Waals surface area contributed by atoms with E-state index in [0.29, 0.717) is 17.2 Å². The minimum Gasteiger partial charge on any atom is -0.265 e. The van der Waals surface area contributed by atoms with E-state index in [1.165, 1.54) is 12.1 Å². The fourth-order valence-corrected chi connectivity index (χ4v) is 2.07. The number of hydrogen-bond acceptors (Lipinski definition) is 4. The smallest absolute Gasteiger partial charge is 0.160 e. The quantitative estimate of drug-likeness (QED) is 0.741. The second-order valence-corrected chi connectivity index (χ2v) is 4.65. The lowest BCUT2D eigenvalue weighted by Crippen LogP contribution is -1.98. The number of benzene rings is 1. The van der Waals surface area contributed by atoms with E-state index >= 15 is 0 Å². The second kappa shape index (κ2) is 6.10. The number of rotatable bonds is 3. The lowest BCUT2D eigenvalue weighted by Gasteiger charge is -2.07. The molecule has 0 radical (unpaired) electrons. The molecule has 2 heterocycles. The van der Waals surface area contributed by atoms with Crippen LogP contribution in [-0.2, 0) is 6.42 Å². The van der Waals surface area contributed by atoms with E-state index in [-0.39, 0.29) is 12.2 Å². The monoisotopic (exact) mass is 290 g/mol. The molecule has 3 aromatic rings. The summed E-state index contributed by atoms with van der Waals surface area (Å²) in [5, 5.41) is 8.91. The molecule has 1 aromatic carbocycles. The van der Waals surface area contributed by atoms with Crippen molar-refractivity contribution in [3.8, 4) is 28.7 Å². The van der Waals surface area contributed by atoms with Crippen LogP contribution in [0.1, 0.15) is 5.69 Å². The van der Waals surface area contributed by atoms with Crippen molar-refractivity contribution in [1.82, 2.24) is 15.0 Å². The van der Waals surface area contributed by atoms with Crippen LogP contribution < -0.4 is 0 Å². The summed E-state index contributed by atoms with van der Waals surface area (Å²) < 4.78 is 13.1. The molecule has 0 bridgehead atoms. The molecule has 22 heavy (non-hydrogen) atoms. The highest BCUT2D eigenvalue weighted by molar-refractivity contribution is 5.64. The second-order valence-electron chi connectivity index (χ2n) is 4.65. The van der Waals surface area contributed by atoms with Gasteiger partial charge in [0.25, 0.3) is 0 Å². The van der Waals surface area contributed by atoms with Crippen LogP contribution in [0.15, 0.2) is 54.9 Å². The highest BCUT2D eigenvalue weighted by atomic mass is 19.1. The van der Waals surface area contributed by atoms with Crippen LogP contribution in [0.4, 0.5) is 4.39 Å². The first-order valence-corrected chi connectivity index (χ1v) is 6.67. The number of nitriles is 1. The molecule has 106 valence electrons. The summed E-state index contributed by atoms with van der Waals surface area (Å²) >= 11 is 0. The van der Waals surface area contributed by atoms with Gasteiger partial charge in [-0.25, -0.2) is 14.4 Å². The van der Waals surface area contributed by atoms with Crippen LogP contribution in [0.3, 0.4) is 0 Å². The largest absolute Gasteiger partial charge is 0.265 e. The zero-order chi connectivity index (χ0) is 15.4. The number of pyridine rings is 1. The topological polar surface area (TPSA) is 62.5 Å². The van der Waals surface area contributed by atoms with E-state index in [1.807, 2.05) is 0 Å². The van der Waals surface area contributed by atoms with Crippen LogP contribution >= 0.6 is 0 Å². The highest BCUT2D eigenvalue weighted by Crippen LogP contribution is 2.22. The summed E-state index contributed by atoms with van der Waals surface area (Å²) in [6.07, 6.45) is 3.51. The minimum absolute atomic E-state index is 0.189. The number of halogens is 1. The van der Waals surface area contributed by atoms with Gasteiger partial charge in [0.2, 0.25) is 0 Å². The number of aromatic nitrogens is 3. The normalized spacial score (nSPS) is 10.2. The lowest BCUT2D eigenvalue weighted by atomic mass is 10.1. The Kier molecular flexibility index (Phi) is 3.84. The van der Waals surface area contributed by atoms with Crippen molar-refractivity contribution in [3.05, 3.63) is 66.4 Å². The van der Waals surface area contributed by atoms with Gasteiger partial charge >= 0.3 is 0 Å². The van der Waals surface area contributed by atoms with Crippen molar-refractivity contribution in [2.75, 3.05) is 0 Å². The summed E-state index contributed by atoms with van der Waals surface area (Å²) in [5.41, 5.74) is 2.88. The predicted octanol–water partition coefficient (Wildman–Crippen LogP) is 3.41. The predicted molar refractivity (Wildman–Crippen MR) is 80.0 cm³/mol. The molecule has 0 saturated heterocycles. The molecule has 5 heteroatoms. The van der Waals surface area contributed by atoms with Crippen molar-refractivity contribution >= 4 is 0 Å². The van der Waals surface area contributed by atoms with Crippen molar-refractivity contribution in [1.29, 1.82) is 5.26 Å². The SMILES string of the molecule is N#CCc1cc(-c2ccc(F)cc2)nc(-c2ccncc2)n1. The third-order valence-corrected chi connectivity index (χ3v) is 3.12. The fraction of sp³-hybridized carbons (Fsp3) is 0.0588. The molecule has 0 aliphatic heterocycles. The van der Waals surface area contributed by atoms with Gasteiger partial charge in [-0.2, -0.15) is 5.26 Å². The van der Waals surface area contributed by atoms with Crippen molar-refractivity contribution in [2.24, 2.45) is 0 Å². The summed E-state index contributed by atoms with van der Waals surface area (Å²) in [5.74, 6) is 0.221. The van der Waals surface area contributed by atoms with Gasteiger partial charge in [0.05, 0.1) is 23.9 Å². The first-order chi connectivity index (χ1) is 10.8. The molecule has 0 aliphatic carbocycles. The Labute approximate surface area is 126 Å². The highest BCUT2D eigenvalue weighted by Gasteiger charge is 2.09. The Morgan fingerprint density at radius 1 is 0.955 bits per heavy atom. The van der Waals surface area contributed by atoms with Gasteiger partial charge in [-0.3, -0.25) is 4.98 Å². The van der Waals surface area contributed by atoms with Gasteiger partial charge in [-0.05, 0) is 42.5 Å². The molecule has 4 nitrogen and oxygen atoms in total. The lowest BCUT2D eigenvalue weighted by molar-refractivity contribution is 0.628. The van der Waals surface area contributed by atoms with Gasteiger partial charge in [-0.15, -0.1) is 0 Å². The fourth-order valence-electron chi connectivity index (χ4n) is 2.07. The van der Waals surface area contributed by atoms with E-state index in [4.69, 9.17) is 5.26 Å². The third kappa shape index (κ3) is 2.96. The zero-order valence-electron chi connectivity index (χ0n) is 11.6. The average molecular weight is 290 g/mol. The maximum Gasteiger partial charge on any atom is 0.160 e. The van der Waals surface area contributed by atoms with Gasteiger partial charge in [0.15, 0.2) is 5.82 Å². The van der Waals surface area contributed by atoms with Crippen LogP contribution in [-0.4, -0.2) is 15.0 Å². The van der Waals surface area contributed by atoms with Crippen molar-refractivity contribution in [3.63, 3.8) is 0 Å². The number of nitrogens with zero attached hydrogens (tertiary/aromatic N) is 4. The third-order valence-electron chi connectivity index (χ3n) is 3.12. The molecule has 2 aromatic heterocycles. The molecule has 3 rings (SSSR count). The van der Waals surface area contributed by atoms with Crippen LogP contribution in [0.5, 0.6) is 0 Å². The average Bonchev–Trinajstić information content (AvgIpc) is 2.56. The molecular formula is C17H11FN4. The summed E-state index contributed by atoms with van der Waals surface area (Å²) in [6.45, 7) is 0. The van der Waals surface area contributed by atoms with E-state index < -0.39 is 0 Å². The van der Waals surface area contributed by atoms with Gasteiger partial charge in [0, 0.05) is 23.5 Å². The van der Waals surface area contributed by atoms with Crippen molar-refractivity contribution < 1.29 is 4.39 Å². The van der Waals surface area contributed by atoms with E-state index in [0.717, 1.165) is 11.1 Å². The molecule has 0 amide bonds. The van der Waals surface area contributed by atoms with E-state index in [2.05, 4.69) is 21.0 Å². The first-order valence-electron chi connectivity index (χ1n) is 6.67. The summed E-state index contributed by atoms with van der Waals surface area (Å²) in [7, 11) is 0. The van der Waals surface area contributed by atoms with Crippen molar-refractivity contribution in [2.45, 2.75) is 6.42 Å². The Bertz CT molecular complexity index is 824. The first kappa shape index (κ1) is 13.8. The van der Waals surface area contributed by atoms with Crippen LogP contribution in [0, 0.1) is 17.1 Å². The molecule has 0 fully saturated rings. The van der Waals surface area contributed by atoms with Gasteiger partial charge < -0.3 is 0 Å². The Morgan fingerprint density at radius 3 is 2.36 bits per heavy atom. The molecular weight excluding hydrogens is 279 g/mol. The maximum absolute atomic E-state index is 13.1. The van der Waals surface area contributed by atoms with E-state index in [1.54, 1.807) is 42.7 Å².